The lowest BCUT2D eigenvalue weighted by Crippen LogP contribution is -2.37. The number of nitro groups is 1. The second-order valence-corrected chi connectivity index (χ2v) is 5.42. The third-order valence-corrected chi connectivity index (χ3v) is 4.03. The Bertz CT molecular complexity index is 536. The molecule has 0 aliphatic carbocycles. The standard InChI is InChI=1S/C15H20N2O4/c1-11(18)16-7-5-12(6-8-16)9-13-3-4-14(17(19)20)15(10-13)21-2/h3-4,10,12H,5-9H2,1-2H3. The van der Waals surface area contributed by atoms with Gasteiger partial charge in [0, 0.05) is 26.1 Å². The summed E-state index contributed by atoms with van der Waals surface area (Å²) in [5.74, 6) is 0.941. The number of nitrogens with zero attached hydrogens (tertiary/aromatic N) is 2. The monoisotopic (exact) mass is 292 g/mol. The van der Waals surface area contributed by atoms with Gasteiger partial charge in [-0.3, -0.25) is 14.9 Å². The van der Waals surface area contributed by atoms with Gasteiger partial charge < -0.3 is 9.64 Å². The van der Waals surface area contributed by atoms with E-state index in [1.807, 2.05) is 4.90 Å². The molecular weight excluding hydrogens is 272 g/mol. The van der Waals surface area contributed by atoms with Crippen LogP contribution in [0.5, 0.6) is 5.75 Å². The van der Waals surface area contributed by atoms with Gasteiger partial charge >= 0.3 is 5.69 Å². The Morgan fingerprint density at radius 1 is 1.43 bits per heavy atom. The van der Waals surface area contributed by atoms with E-state index in [1.165, 1.54) is 13.2 Å². The van der Waals surface area contributed by atoms with Gasteiger partial charge in [-0.05, 0) is 36.8 Å². The van der Waals surface area contributed by atoms with E-state index in [-0.39, 0.29) is 11.6 Å². The number of carbonyl (C=O) groups excluding carboxylic acids is 1. The summed E-state index contributed by atoms with van der Waals surface area (Å²) in [4.78, 5) is 23.6. The molecule has 0 aromatic heterocycles. The van der Waals surface area contributed by atoms with E-state index in [2.05, 4.69) is 0 Å². The first kappa shape index (κ1) is 15.3. The number of amides is 1. The molecule has 1 aliphatic rings. The van der Waals surface area contributed by atoms with Crippen LogP contribution in [0, 0.1) is 16.0 Å². The molecule has 1 fully saturated rings. The van der Waals surface area contributed by atoms with Crippen molar-refractivity contribution in [2.45, 2.75) is 26.2 Å². The average Bonchev–Trinajstić information content (AvgIpc) is 2.47. The maximum absolute atomic E-state index is 11.3. The maximum Gasteiger partial charge on any atom is 0.310 e. The fourth-order valence-corrected chi connectivity index (χ4v) is 2.79. The highest BCUT2D eigenvalue weighted by Crippen LogP contribution is 2.30. The van der Waals surface area contributed by atoms with Gasteiger partial charge in [-0.25, -0.2) is 0 Å². The average molecular weight is 292 g/mol. The molecule has 21 heavy (non-hydrogen) atoms. The van der Waals surface area contributed by atoms with Crippen LogP contribution in [-0.2, 0) is 11.2 Å². The molecule has 0 saturated carbocycles. The smallest absolute Gasteiger partial charge is 0.310 e. The summed E-state index contributed by atoms with van der Waals surface area (Å²) in [6, 6.07) is 5.03. The van der Waals surface area contributed by atoms with Crippen LogP contribution in [0.25, 0.3) is 0 Å². The molecule has 6 nitrogen and oxygen atoms in total. The molecule has 1 aromatic rings. The number of methoxy groups -OCH3 is 1. The van der Waals surface area contributed by atoms with Gasteiger partial charge in [-0.2, -0.15) is 0 Å². The molecule has 0 atom stereocenters. The zero-order valence-corrected chi connectivity index (χ0v) is 12.4. The van der Waals surface area contributed by atoms with Crippen LogP contribution in [0.4, 0.5) is 5.69 Å². The Morgan fingerprint density at radius 3 is 2.62 bits per heavy atom. The molecule has 0 bridgehead atoms. The second-order valence-electron chi connectivity index (χ2n) is 5.42. The molecule has 114 valence electrons. The number of hydrogen-bond donors (Lipinski definition) is 0. The topological polar surface area (TPSA) is 72.7 Å². The zero-order valence-electron chi connectivity index (χ0n) is 12.4. The minimum Gasteiger partial charge on any atom is -0.490 e. The van der Waals surface area contributed by atoms with Gasteiger partial charge in [-0.15, -0.1) is 0 Å². The van der Waals surface area contributed by atoms with E-state index in [0.29, 0.717) is 11.7 Å². The molecule has 0 radical (unpaired) electrons. The number of rotatable bonds is 4. The van der Waals surface area contributed by atoms with Crippen molar-refractivity contribution in [1.29, 1.82) is 0 Å². The van der Waals surface area contributed by atoms with Crippen molar-refractivity contribution in [2.24, 2.45) is 5.92 Å². The normalized spacial score (nSPS) is 15.8. The van der Waals surface area contributed by atoms with Gasteiger partial charge in [-0.1, -0.05) is 6.07 Å². The maximum atomic E-state index is 11.3. The van der Waals surface area contributed by atoms with Gasteiger partial charge in [0.2, 0.25) is 5.91 Å². The highest BCUT2D eigenvalue weighted by atomic mass is 16.6. The minimum atomic E-state index is -0.437. The van der Waals surface area contributed by atoms with Crippen LogP contribution in [0.1, 0.15) is 25.3 Å². The largest absolute Gasteiger partial charge is 0.490 e. The first-order chi connectivity index (χ1) is 10.0. The molecule has 1 heterocycles. The Balaban J connectivity index is 2.01. The SMILES string of the molecule is COc1cc(CC2CCN(C(C)=O)CC2)ccc1[N+](=O)[O-]. The van der Waals surface area contributed by atoms with Crippen molar-refractivity contribution < 1.29 is 14.5 Å². The molecule has 0 N–H and O–H groups in total. The van der Waals surface area contributed by atoms with Crippen LogP contribution in [0.15, 0.2) is 18.2 Å². The van der Waals surface area contributed by atoms with Crippen LogP contribution < -0.4 is 4.74 Å². The summed E-state index contributed by atoms with van der Waals surface area (Å²) in [7, 11) is 1.44. The van der Waals surface area contributed by atoms with Crippen LogP contribution in [-0.4, -0.2) is 35.9 Å². The van der Waals surface area contributed by atoms with Crippen LogP contribution in [0.3, 0.4) is 0 Å². The second kappa shape index (κ2) is 6.56. The predicted molar refractivity (Wildman–Crippen MR) is 78.3 cm³/mol. The van der Waals surface area contributed by atoms with E-state index in [4.69, 9.17) is 4.74 Å². The Morgan fingerprint density at radius 2 is 2.10 bits per heavy atom. The number of nitro benzene ring substituents is 1. The lowest BCUT2D eigenvalue weighted by molar-refractivity contribution is -0.385. The van der Waals surface area contributed by atoms with Crippen LogP contribution >= 0.6 is 0 Å². The van der Waals surface area contributed by atoms with Crippen molar-refractivity contribution in [3.63, 3.8) is 0 Å². The van der Waals surface area contributed by atoms with E-state index in [1.54, 1.807) is 19.1 Å². The first-order valence-corrected chi connectivity index (χ1v) is 7.08. The molecule has 1 amide bonds. The molecule has 1 aromatic carbocycles. The van der Waals surface area contributed by atoms with E-state index in [9.17, 15) is 14.9 Å². The van der Waals surface area contributed by atoms with Gasteiger partial charge in [0.1, 0.15) is 0 Å². The molecule has 1 aliphatic heterocycles. The highest BCUT2D eigenvalue weighted by Gasteiger charge is 2.22. The summed E-state index contributed by atoms with van der Waals surface area (Å²) in [6.07, 6.45) is 2.80. The lowest BCUT2D eigenvalue weighted by atomic mass is 9.90. The number of piperidine rings is 1. The number of ether oxygens (including phenoxy) is 1. The molecule has 1 saturated heterocycles. The molecule has 0 spiro atoms. The fraction of sp³-hybridized carbons (Fsp3) is 0.533. The number of likely N-dealkylation sites (tertiary alicyclic amines) is 1. The van der Waals surface area contributed by atoms with Gasteiger partial charge in [0.15, 0.2) is 5.75 Å². The van der Waals surface area contributed by atoms with Gasteiger partial charge in [0.25, 0.3) is 0 Å². The van der Waals surface area contributed by atoms with Crippen molar-refractivity contribution in [1.82, 2.24) is 4.90 Å². The van der Waals surface area contributed by atoms with Crippen molar-refractivity contribution in [3.05, 3.63) is 33.9 Å². The molecule has 6 heteroatoms. The fourth-order valence-electron chi connectivity index (χ4n) is 2.79. The molecule has 0 unspecified atom stereocenters. The minimum absolute atomic E-state index is 0.00681. The predicted octanol–water partition coefficient (Wildman–Crippen LogP) is 2.40. The van der Waals surface area contributed by atoms with Crippen molar-refractivity contribution in [3.8, 4) is 5.75 Å². The number of benzene rings is 1. The van der Waals surface area contributed by atoms with Crippen molar-refractivity contribution >= 4 is 11.6 Å². The van der Waals surface area contributed by atoms with Crippen molar-refractivity contribution in [2.75, 3.05) is 20.2 Å². The van der Waals surface area contributed by atoms with Gasteiger partial charge in [0.05, 0.1) is 12.0 Å². The summed E-state index contributed by atoms with van der Waals surface area (Å²) in [5, 5.41) is 10.9. The quantitative estimate of drug-likeness (QED) is 0.631. The summed E-state index contributed by atoms with van der Waals surface area (Å²) >= 11 is 0. The summed E-state index contributed by atoms with van der Waals surface area (Å²) < 4.78 is 5.09. The molecular formula is C15H20N2O4. The Kier molecular flexibility index (Phi) is 4.77. The van der Waals surface area contributed by atoms with E-state index in [0.717, 1.165) is 37.9 Å². The van der Waals surface area contributed by atoms with E-state index >= 15 is 0 Å². The Hall–Kier alpha value is -2.11. The summed E-state index contributed by atoms with van der Waals surface area (Å²) in [5.41, 5.74) is 1.03. The number of carbonyl (C=O) groups is 1. The van der Waals surface area contributed by atoms with Crippen LogP contribution in [0.2, 0.25) is 0 Å². The Labute approximate surface area is 123 Å². The lowest BCUT2D eigenvalue weighted by Gasteiger charge is -2.31. The third-order valence-electron chi connectivity index (χ3n) is 4.03. The number of hydrogen-bond acceptors (Lipinski definition) is 4. The first-order valence-electron chi connectivity index (χ1n) is 7.08. The van der Waals surface area contributed by atoms with E-state index < -0.39 is 4.92 Å². The summed E-state index contributed by atoms with van der Waals surface area (Å²) in [6.45, 7) is 3.19. The highest BCUT2D eigenvalue weighted by molar-refractivity contribution is 5.73. The third kappa shape index (κ3) is 3.71. The zero-order chi connectivity index (χ0) is 15.4. The molecule has 2 rings (SSSR count).